The summed E-state index contributed by atoms with van der Waals surface area (Å²) in [6.45, 7) is 5.20. The van der Waals surface area contributed by atoms with Gasteiger partial charge in [0.05, 0.1) is 6.61 Å². The van der Waals surface area contributed by atoms with Crippen molar-refractivity contribution in [2.45, 2.75) is 64.5 Å². The number of carboxylic acids is 1. The monoisotopic (exact) mass is 412 g/mol. The molecule has 1 aromatic rings. The van der Waals surface area contributed by atoms with Gasteiger partial charge in [-0.2, -0.15) is 0 Å². The number of alkyl carbamates (subject to hydrolysis) is 1. The number of primary amides is 1. The molecule has 1 aromatic carbocycles. The van der Waals surface area contributed by atoms with Crippen LogP contribution in [0.15, 0.2) is 18.2 Å². The maximum atomic E-state index is 14.4. The molecular formula is C20H29FN2O6. The Balaban J connectivity index is 2.52. The molecule has 1 unspecified atom stereocenters. The molecule has 0 aliphatic carbocycles. The third-order valence-corrected chi connectivity index (χ3v) is 3.81. The summed E-state index contributed by atoms with van der Waals surface area (Å²) in [7, 11) is 0. The van der Waals surface area contributed by atoms with Crippen molar-refractivity contribution in [2.75, 3.05) is 6.61 Å². The molecule has 0 saturated heterocycles. The van der Waals surface area contributed by atoms with E-state index < -0.39 is 35.4 Å². The zero-order chi connectivity index (χ0) is 22.0. The lowest BCUT2D eigenvalue weighted by Gasteiger charge is -2.22. The van der Waals surface area contributed by atoms with Crippen molar-refractivity contribution >= 4 is 18.0 Å². The molecule has 0 spiro atoms. The predicted octanol–water partition coefficient (Wildman–Crippen LogP) is 2.77. The molecule has 0 bridgehead atoms. The Bertz CT molecular complexity index is 717. The van der Waals surface area contributed by atoms with Gasteiger partial charge in [-0.15, -0.1) is 0 Å². The van der Waals surface area contributed by atoms with Crippen LogP contribution in [0.25, 0.3) is 0 Å². The van der Waals surface area contributed by atoms with E-state index in [1.165, 1.54) is 6.07 Å². The van der Waals surface area contributed by atoms with Gasteiger partial charge in [-0.1, -0.05) is 12.1 Å². The van der Waals surface area contributed by atoms with Gasteiger partial charge in [-0.05, 0) is 58.1 Å². The van der Waals surface area contributed by atoms with E-state index >= 15 is 0 Å². The summed E-state index contributed by atoms with van der Waals surface area (Å²) < 4.78 is 24.9. The first-order valence-electron chi connectivity index (χ1n) is 9.40. The average molecular weight is 412 g/mol. The summed E-state index contributed by atoms with van der Waals surface area (Å²) in [5, 5.41) is 11.1. The van der Waals surface area contributed by atoms with Gasteiger partial charge in [-0.3, -0.25) is 9.59 Å². The molecule has 0 aliphatic heterocycles. The third kappa shape index (κ3) is 9.77. The summed E-state index contributed by atoms with van der Waals surface area (Å²) in [5.41, 5.74) is 4.98. The smallest absolute Gasteiger partial charge is 0.408 e. The molecule has 4 N–H and O–H groups in total. The van der Waals surface area contributed by atoms with Gasteiger partial charge >= 0.3 is 12.1 Å². The van der Waals surface area contributed by atoms with Crippen LogP contribution in [-0.4, -0.2) is 41.3 Å². The molecule has 2 amide bonds. The van der Waals surface area contributed by atoms with Gasteiger partial charge in [0.15, 0.2) is 11.6 Å². The summed E-state index contributed by atoms with van der Waals surface area (Å²) in [5.74, 6) is -2.12. The van der Waals surface area contributed by atoms with Crippen molar-refractivity contribution in [2.24, 2.45) is 5.73 Å². The van der Waals surface area contributed by atoms with E-state index in [0.717, 1.165) is 0 Å². The highest BCUT2D eigenvalue weighted by atomic mass is 19.1. The average Bonchev–Trinajstić information content (AvgIpc) is 2.58. The summed E-state index contributed by atoms with van der Waals surface area (Å²) in [6.07, 6.45) is 0.373. The number of nitrogens with one attached hydrogen (secondary N) is 1. The van der Waals surface area contributed by atoms with Crippen LogP contribution >= 0.6 is 0 Å². The number of amides is 2. The van der Waals surface area contributed by atoms with Crippen LogP contribution in [0.4, 0.5) is 9.18 Å². The number of aryl methyl sites for hydroxylation is 1. The fourth-order valence-electron chi connectivity index (χ4n) is 2.50. The summed E-state index contributed by atoms with van der Waals surface area (Å²) in [6, 6.07) is 3.75. The van der Waals surface area contributed by atoms with E-state index in [9.17, 15) is 18.8 Å². The number of benzene rings is 1. The number of carbonyl (C=O) groups is 3. The number of halogens is 1. The molecule has 9 heteroatoms. The molecule has 0 aromatic heterocycles. The molecule has 0 radical (unpaired) electrons. The Morgan fingerprint density at radius 3 is 2.52 bits per heavy atom. The summed E-state index contributed by atoms with van der Waals surface area (Å²) >= 11 is 0. The highest BCUT2D eigenvalue weighted by molar-refractivity contribution is 5.84. The largest absolute Gasteiger partial charge is 0.491 e. The molecule has 0 heterocycles. The lowest BCUT2D eigenvalue weighted by Crippen LogP contribution is -2.46. The number of aliphatic carboxylic acids is 1. The van der Waals surface area contributed by atoms with Gasteiger partial charge in [0.2, 0.25) is 5.91 Å². The van der Waals surface area contributed by atoms with Crippen LogP contribution < -0.4 is 15.8 Å². The Kier molecular flexibility index (Phi) is 9.37. The molecule has 0 fully saturated rings. The number of ether oxygens (including phenoxy) is 2. The van der Waals surface area contributed by atoms with E-state index in [1.54, 1.807) is 32.9 Å². The second-order valence-corrected chi connectivity index (χ2v) is 7.57. The van der Waals surface area contributed by atoms with Crippen LogP contribution in [0, 0.1) is 5.82 Å². The fraction of sp³-hybridized carbons (Fsp3) is 0.550. The molecule has 29 heavy (non-hydrogen) atoms. The van der Waals surface area contributed by atoms with Gasteiger partial charge in [0.25, 0.3) is 0 Å². The quantitative estimate of drug-likeness (QED) is 0.480. The van der Waals surface area contributed by atoms with E-state index in [4.69, 9.17) is 20.3 Å². The van der Waals surface area contributed by atoms with Crippen molar-refractivity contribution < 1.29 is 33.4 Å². The maximum Gasteiger partial charge on any atom is 0.408 e. The number of rotatable bonds is 11. The van der Waals surface area contributed by atoms with Crippen molar-refractivity contribution in [1.82, 2.24) is 5.32 Å². The van der Waals surface area contributed by atoms with Gasteiger partial charge in [0, 0.05) is 6.42 Å². The van der Waals surface area contributed by atoms with Crippen LogP contribution in [0.1, 0.15) is 52.0 Å². The van der Waals surface area contributed by atoms with Crippen molar-refractivity contribution in [3.63, 3.8) is 0 Å². The van der Waals surface area contributed by atoms with Gasteiger partial charge < -0.3 is 25.6 Å². The van der Waals surface area contributed by atoms with Crippen LogP contribution in [0.2, 0.25) is 0 Å². The minimum Gasteiger partial charge on any atom is -0.491 e. The van der Waals surface area contributed by atoms with Crippen LogP contribution in [-0.2, 0) is 20.7 Å². The summed E-state index contributed by atoms with van der Waals surface area (Å²) in [4.78, 5) is 33.9. The maximum absolute atomic E-state index is 14.4. The highest BCUT2D eigenvalue weighted by Crippen LogP contribution is 2.22. The Hall–Kier alpha value is -2.84. The van der Waals surface area contributed by atoms with Crippen molar-refractivity contribution in [1.29, 1.82) is 0 Å². The first-order valence-corrected chi connectivity index (χ1v) is 9.40. The molecule has 1 rings (SSSR count). The molecule has 1 atom stereocenters. The minimum atomic E-state index is -0.930. The second-order valence-electron chi connectivity index (χ2n) is 7.57. The predicted molar refractivity (Wildman–Crippen MR) is 104 cm³/mol. The molecule has 0 saturated carbocycles. The van der Waals surface area contributed by atoms with Crippen molar-refractivity contribution in [3.8, 4) is 5.75 Å². The second kappa shape index (κ2) is 11.2. The van der Waals surface area contributed by atoms with Gasteiger partial charge in [-0.25, -0.2) is 9.18 Å². The molecule has 0 aliphatic rings. The minimum absolute atomic E-state index is 0.0380. The van der Waals surface area contributed by atoms with E-state index in [1.807, 2.05) is 0 Å². The van der Waals surface area contributed by atoms with Gasteiger partial charge in [0.1, 0.15) is 11.6 Å². The Morgan fingerprint density at radius 1 is 1.24 bits per heavy atom. The highest BCUT2D eigenvalue weighted by Gasteiger charge is 2.22. The molecular weight excluding hydrogens is 383 g/mol. The molecule has 162 valence electrons. The first kappa shape index (κ1) is 24.2. The topological polar surface area (TPSA) is 128 Å². The van der Waals surface area contributed by atoms with Crippen LogP contribution in [0.5, 0.6) is 5.75 Å². The van der Waals surface area contributed by atoms with Crippen LogP contribution in [0.3, 0.4) is 0 Å². The lowest BCUT2D eigenvalue weighted by molar-refractivity contribution is -0.137. The van der Waals surface area contributed by atoms with Crippen molar-refractivity contribution in [3.05, 3.63) is 29.6 Å². The zero-order valence-electron chi connectivity index (χ0n) is 17.0. The van der Waals surface area contributed by atoms with E-state index in [2.05, 4.69) is 5.32 Å². The Morgan fingerprint density at radius 2 is 1.93 bits per heavy atom. The number of hydrogen-bond acceptors (Lipinski definition) is 5. The third-order valence-electron chi connectivity index (χ3n) is 3.81. The van der Waals surface area contributed by atoms with E-state index in [-0.39, 0.29) is 25.2 Å². The number of carbonyl (C=O) groups excluding carboxylic acids is 2. The first-order chi connectivity index (χ1) is 13.5. The number of carboxylic acid groups (broad SMARTS) is 1. The fourth-order valence-corrected chi connectivity index (χ4v) is 2.50. The SMILES string of the molecule is CC(C)(C)OC(=O)NC(CCCOc1cccc(CCCC(=O)O)c1F)C(N)=O. The Labute approximate surface area is 169 Å². The molecule has 8 nitrogen and oxygen atoms in total. The zero-order valence-corrected chi connectivity index (χ0v) is 17.0. The number of nitrogens with two attached hydrogens (primary N) is 1. The normalized spacial score (nSPS) is 12.1. The lowest BCUT2D eigenvalue weighted by atomic mass is 10.1. The number of hydrogen-bond donors (Lipinski definition) is 3. The standard InChI is InChI=1S/C20H29FN2O6/c1-20(2,3)29-19(27)23-14(18(22)26)9-6-12-28-15-10-4-7-13(17(15)21)8-5-11-16(24)25/h4,7,10,14H,5-6,8-9,11-12H2,1-3H3,(H2,22,26)(H,23,27)(H,24,25). The van der Waals surface area contributed by atoms with E-state index in [0.29, 0.717) is 24.8 Å².